The predicted molar refractivity (Wildman–Crippen MR) is 114 cm³/mol. The van der Waals surface area contributed by atoms with E-state index >= 15 is 0 Å². The van der Waals surface area contributed by atoms with Crippen molar-refractivity contribution in [1.82, 2.24) is 5.32 Å². The Morgan fingerprint density at radius 1 is 1.10 bits per heavy atom. The van der Waals surface area contributed by atoms with Crippen molar-refractivity contribution in [2.75, 3.05) is 6.61 Å². The molecule has 0 bridgehead atoms. The van der Waals surface area contributed by atoms with E-state index in [1.807, 2.05) is 89.2 Å². The lowest BCUT2D eigenvalue weighted by atomic mass is 10.0. The van der Waals surface area contributed by atoms with Crippen LogP contribution in [0, 0.1) is 0 Å². The third-order valence-corrected chi connectivity index (χ3v) is 4.55. The minimum Gasteiger partial charge on any atom is -0.489 e. The molecular weight excluding hydrogens is 382 g/mol. The normalized spacial score (nSPS) is 21.0. The zero-order chi connectivity index (χ0) is 21.8. The molecule has 1 heterocycles. The number of carbonyl (C=O) groups excluding carboxylic acids is 1. The van der Waals surface area contributed by atoms with Gasteiger partial charge in [0.05, 0.1) is 12.6 Å². The van der Waals surface area contributed by atoms with Crippen molar-refractivity contribution >= 4 is 6.09 Å². The fourth-order valence-corrected chi connectivity index (χ4v) is 3.17. The van der Waals surface area contributed by atoms with Crippen LogP contribution in [-0.2, 0) is 20.8 Å². The molecule has 162 valence electrons. The number of rotatable bonds is 5. The summed E-state index contributed by atoms with van der Waals surface area (Å²) >= 11 is 0. The summed E-state index contributed by atoms with van der Waals surface area (Å²) in [5.41, 5.74) is 1.46. The number of carbonyl (C=O) groups is 1. The first-order valence-corrected chi connectivity index (χ1v) is 10.2. The molecule has 0 aromatic heterocycles. The van der Waals surface area contributed by atoms with E-state index in [1.54, 1.807) is 0 Å². The van der Waals surface area contributed by atoms with Crippen LogP contribution in [0.1, 0.15) is 51.8 Å². The highest BCUT2D eigenvalue weighted by atomic mass is 16.7. The quantitative estimate of drug-likeness (QED) is 0.749. The summed E-state index contributed by atoms with van der Waals surface area (Å²) < 4.78 is 23.1. The molecule has 1 aliphatic rings. The molecule has 0 radical (unpaired) electrons. The van der Waals surface area contributed by atoms with E-state index in [1.165, 1.54) is 0 Å². The molecule has 2 aromatic carbocycles. The lowest BCUT2D eigenvalue weighted by molar-refractivity contribution is -0.284. The monoisotopic (exact) mass is 413 g/mol. The summed E-state index contributed by atoms with van der Waals surface area (Å²) in [6, 6.07) is 17.4. The Kier molecular flexibility index (Phi) is 6.68. The van der Waals surface area contributed by atoms with Crippen LogP contribution in [0.15, 0.2) is 54.6 Å². The fraction of sp³-hybridized carbons (Fsp3) is 0.458. The van der Waals surface area contributed by atoms with Gasteiger partial charge in [-0.2, -0.15) is 0 Å². The van der Waals surface area contributed by atoms with Gasteiger partial charge >= 0.3 is 6.09 Å². The van der Waals surface area contributed by atoms with Gasteiger partial charge in [0.15, 0.2) is 5.79 Å². The second-order valence-corrected chi connectivity index (χ2v) is 8.85. The van der Waals surface area contributed by atoms with Crippen molar-refractivity contribution in [2.24, 2.45) is 0 Å². The summed E-state index contributed by atoms with van der Waals surface area (Å²) in [5, 5.41) is 2.88. The molecular formula is C24H31NO5. The smallest absolute Gasteiger partial charge is 0.408 e. The zero-order valence-corrected chi connectivity index (χ0v) is 18.3. The van der Waals surface area contributed by atoms with E-state index in [0.717, 1.165) is 16.9 Å². The van der Waals surface area contributed by atoms with E-state index < -0.39 is 17.5 Å². The van der Waals surface area contributed by atoms with Crippen LogP contribution in [0.4, 0.5) is 4.79 Å². The van der Waals surface area contributed by atoms with Crippen molar-refractivity contribution < 1.29 is 23.7 Å². The number of benzene rings is 2. The standard InChI is InChI=1S/C24H31NO5/c1-23(2,3)30-22(26)25-20-16-28-24(4,5)29-21(20)18-11-13-19(14-12-18)27-15-17-9-7-6-8-10-17/h6-14,20-21H,15-16H2,1-5H3,(H,25,26)/t20-,21+/m0/s1. The van der Waals surface area contributed by atoms with E-state index in [2.05, 4.69) is 5.32 Å². The van der Waals surface area contributed by atoms with Gasteiger partial charge in [0.2, 0.25) is 0 Å². The lowest BCUT2D eigenvalue weighted by Crippen LogP contribution is -2.52. The third kappa shape index (κ3) is 6.47. The first-order valence-electron chi connectivity index (χ1n) is 10.2. The molecule has 0 unspecified atom stereocenters. The molecule has 6 heteroatoms. The summed E-state index contributed by atoms with van der Waals surface area (Å²) in [6.07, 6.45) is -0.864. The minimum atomic E-state index is -0.751. The van der Waals surface area contributed by atoms with Crippen LogP contribution >= 0.6 is 0 Å². The van der Waals surface area contributed by atoms with Gasteiger partial charge in [-0.1, -0.05) is 42.5 Å². The number of hydrogen-bond donors (Lipinski definition) is 1. The van der Waals surface area contributed by atoms with Crippen molar-refractivity contribution in [1.29, 1.82) is 0 Å². The first-order chi connectivity index (χ1) is 14.1. The largest absolute Gasteiger partial charge is 0.489 e. The number of amides is 1. The van der Waals surface area contributed by atoms with Crippen LogP contribution < -0.4 is 10.1 Å². The van der Waals surface area contributed by atoms with E-state index in [9.17, 15) is 4.79 Å². The summed E-state index contributed by atoms with van der Waals surface area (Å²) in [7, 11) is 0. The maximum absolute atomic E-state index is 12.3. The Balaban J connectivity index is 1.68. The van der Waals surface area contributed by atoms with Gasteiger partial charge in [0.25, 0.3) is 0 Å². The van der Waals surface area contributed by atoms with Crippen LogP contribution in [0.25, 0.3) is 0 Å². The topological polar surface area (TPSA) is 66.0 Å². The molecule has 0 spiro atoms. The van der Waals surface area contributed by atoms with Gasteiger partial charge in [-0.25, -0.2) is 4.79 Å². The van der Waals surface area contributed by atoms with Gasteiger partial charge in [0.1, 0.15) is 24.1 Å². The highest BCUT2D eigenvalue weighted by Crippen LogP contribution is 2.34. The summed E-state index contributed by atoms with van der Waals surface area (Å²) in [4.78, 5) is 12.3. The molecule has 2 aromatic rings. The van der Waals surface area contributed by atoms with Gasteiger partial charge in [-0.05, 0) is 57.9 Å². The highest BCUT2D eigenvalue weighted by molar-refractivity contribution is 5.68. The average Bonchev–Trinajstić information content (AvgIpc) is 2.67. The second-order valence-electron chi connectivity index (χ2n) is 8.85. The molecule has 3 rings (SSSR count). The molecule has 30 heavy (non-hydrogen) atoms. The van der Waals surface area contributed by atoms with Crippen LogP contribution in [0.3, 0.4) is 0 Å². The molecule has 6 nitrogen and oxygen atoms in total. The van der Waals surface area contributed by atoms with Gasteiger partial charge in [-0.3, -0.25) is 0 Å². The van der Waals surface area contributed by atoms with E-state index in [0.29, 0.717) is 13.2 Å². The molecule has 0 aliphatic carbocycles. The molecule has 2 atom stereocenters. The maximum atomic E-state index is 12.3. The molecule has 0 saturated carbocycles. The van der Waals surface area contributed by atoms with E-state index in [4.69, 9.17) is 18.9 Å². The summed E-state index contributed by atoms with van der Waals surface area (Å²) in [5.74, 6) is 0.0183. The minimum absolute atomic E-state index is 0.323. The fourth-order valence-electron chi connectivity index (χ4n) is 3.17. The van der Waals surface area contributed by atoms with Crippen molar-refractivity contribution in [3.8, 4) is 5.75 Å². The van der Waals surface area contributed by atoms with Crippen LogP contribution in [-0.4, -0.2) is 30.1 Å². The number of ether oxygens (including phenoxy) is 4. The van der Waals surface area contributed by atoms with Gasteiger partial charge in [0, 0.05) is 0 Å². The van der Waals surface area contributed by atoms with Gasteiger partial charge < -0.3 is 24.3 Å². The number of nitrogens with one attached hydrogen (secondary N) is 1. The molecule has 1 saturated heterocycles. The lowest BCUT2D eigenvalue weighted by Gasteiger charge is -2.41. The molecule has 1 amide bonds. The Morgan fingerprint density at radius 3 is 2.40 bits per heavy atom. The third-order valence-electron chi connectivity index (χ3n) is 4.55. The van der Waals surface area contributed by atoms with Crippen LogP contribution in [0.2, 0.25) is 0 Å². The second kappa shape index (κ2) is 9.06. The average molecular weight is 414 g/mol. The van der Waals surface area contributed by atoms with Gasteiger partial charge in [-0.15, -0.1) is 0 Å². The SMILES string of the molecule is CC(C)(C)OC(=O)N[C@H]1COC(C)(C)O[C@@H]1c1ccc(OCc2ccccc2)cc1. The Hall–Kier alpha value is -2.57. The Labute approximate surface area is 178 Å². The predicted octanol–water partition coefficient (Wildman–Crippen LogP) is 4.98. The Morgan fingerprint density at radius 2 is 1.77 bits per heavy atom. The van der Waals surface area contributed by atoms with Crippen LogP contribution in [0.5, 0.6) is 5.75 Å². The highest BCUT2D eigenvalue weighted by Gasteiger charge is 2.38. The Bertz CT molecular complexity index is 827. The van der Waals surface area contributed by atoms with Crippen molar-refractivity contribution in [2.45, 2.75) is 64.8 Å². The van der Waals surface area contributed by atoms with Crippen molar-refractivity contribution in [3.05, 3.63) is 65.7 Å². The van der Waals surface area contributed by atoms with Crippen molar-refractivity contribution in [3.63, 3.8) is 0 Å². The number of alkyl carbamates (subject to hydrolysis) is 1. The molecule has 1 N–H and O–H groups in total. The maximum Gasteiger partial charge on any atom is 0.408 e. The number of hydrogen-bond acceptors (Lipinski definition) is 5. The zero-order valence-electron chi connectivity index (χ0n) is 18.3. The van der Waals surface area contributed by atoms with E-state index in [-0.39, 0.29) is 12.1 Å². The molecule has 1 fully saturated rings. The molecule has 1 aliphatic heterocycles. The first kappa shape index (κ1) is 22.1. The summed E-state index contributed by atoms with van der Waals surface area (Å²) in [6.45, 7) is 10.0.